The molecule has 19 N–H and O–H groups in total. The molecule has 0 amide bonds. The fourth-order valence-corrected chi connectivity index (χ4v) is 7.89. The third-order valence-corrected chi connectivity index (χ3v) is 12.8. The molecule has 0 radical (unpaired) electrons. The molecule has 8 aromatic carbocycles. The Morgan fingerprint density at radius 2 is 0.689 bits per heavy atom. The molecule has 1 aliphatic rings. The maximum Gasteiger partial charge on any atom is 0.318 e. The fraction of sp³-hybridized carbons (Fsp3) is 0.136. The Morgan fingerprint density at radius 3 is 1.07 bits per heavy atom. The molecule has 1 heterocycles. The van der Waals surface area contributed by atoms with Gasteiger partial charge in [-0.2, -0.15) is 0 Å². The number of ketones is 2. The number of aromatic nitrogens is 2. The van der Waals surface area contributed by atoms with Gasteiger partial charge in [0, 0.05) is 89.5 Å². The summed E-state index contributed by atoms with van der Waals surface area (Å²) in [7, 11) is 12.4. The summed E-state index contributed by atoms with van der Waals surface area (Å²) < 4.78 is 43.2. The van der Waals surface area contributed by atoms with E-state index in [-0.39, 0.29) is 120 Å². The van der Waals surface area contributed by atoms with E-state index < -0.39 is 38.5 Å². The summed E-state index contributed by atoms with van der Waals surface area (Å²) in [5.74, 6) is -1.18. The summed E-state index contributed by atoms with van der Waals surface area (Å²) in [6, 6.07) is 22.3. The second-order valence-corrected chi connectivity index (χ2v) is 19.5. The van der Waals surface area contributed by atoms with Gasteiger partial charge in [-0.25, -0.2) is 9.97 Å². The molecule has 37 nitrogen and oxygen atoms in total. The van der Waals surface area contributed by atoms with E-state index in [4.69, 9.17) is 82.0 Å². The number of hydrogen-bond donors (Lipinski definition) is 15. The molecule has 10 rings (SSSR count). The zero-order valence-corrected chi connectivity index (χ0v) is 55.6. The van der Waals surface area contributed by atoms with E-state index in [1.54, 1.807) is 0 Å². The van der Waals surface area contributed by atoms with Crippen molar-refractivity contribution in [3.8, 4) is 109 Å². The third kappa shape index (κ3) is 22.9. The minimum absolute atomic E-state index is 0.00463. The standard InChI is InChI=1S/C14H12N2O4.C8H7NO5.C8H9NO3.C8H8O3.C7H7NO5.2C7H9NO3.C7H7NO3/c1-19-11-5-7(17)3-9-13(11)15-10-4-8(18)6-12(20-2)14(10)16-9;1-14-7-3-5(4-10)2-6(8(7)11)9(12)13;1-12-7-3-5(4-10)2-6(9)8(7)11;1-11-8-4-6(5-9)2-3-7(8)10;1-13-6-3-4(9)2-5(7(6)10)8(11)12;3*1-11-6-3-4(9)2-5(8)7(6)10/h3-6,17-18H,1-2H3;2-4,11H,1H3;2-4,11H,9H2,1H3;2-5,10H,1H3;2-3,9-10H,1H3;2*2-3,9-10H,8H2,1H3;2-3H,8H2,1H3. The quantitative estimate of drug-likeness (QED) is 0.00745. The van der Waals surface area contributed by atoms with Crippen molar-refractivity contribution in [2.24, 2.45) is 5.73 Å². The number of allylic oxidation sites excluding steroid dienone is 2. The number of methoxy groups -OCH3 is 9. The maximum absolute atomic E-state index is 11.0. The number of phenolic OH excluding ortho intramolecular Hbond substituents is 11. The van der Waals surface area contributed by atoms with Gasteiger partial charge in [-0.15, -0.1) is 0 Å². The second-order valence-electron chi connectivity index (χ2n) is 19.5. The molecule has 1 aromatic heterocycles. The number of nitrogen functional groups attached to an aromatic ring is 3. The molecule has 37 heteroatoms. The van der Waals surface area contributed by atoms with Crippen LogP contribution in [0.5, 0.6) is 109 Å². The number of fused-ring (bicyclic) bond motifs is 2. The number of Topliss-reactive ketones (excluding diaryl/α,β-unsaturated/α-hetero) is 1. The minimum atomic E-state index is -0.808. The molecule has 0 atom stereocenters. The summed E-state index contributed by atoms with van der Waals surface area (Å²) in [6.45, 7) is 0. The molecule has 0 aliphatic heterocycles. The van der Waals surface area contributed by atoms with Crippen LogP contribution in [0.1, 0.15) is 31.1 Å². The number of aldehydes is 3. The average molecular weight is 1440 g/mol. The van der Waals surface area contributed by atoms with Crippen LogP contribution in [0.4, 0.5) is 28.4 Å². The van der Waals surface area contributed by atoms with Crippen LogP contribution >= 0.6 is 0 Å². The van der Waals surface area contributed by atoms with Gasteiger partial charge in [0.2, 0.25) is 17.3 Å². The smallest absolute Gasteiger partial charge is 0.318 e. The van der Waals surface area contributed by atoms with Crippen LogP contribution in [0.25, 0.3) is 22.1 Å². The van der Waals surface area contributed by atoms with Crippen molar-refractivity contribution in [1.29, 1.82) is 0 Å². The molecule has 0 unspecified atom stereocenters. The van der Waals surface area contributed by atoms with Crippen molar-refractivity contribution < 1.29 is 133 Å². The zero-order chi connectivity index (χ0) is 77.7. The van der Waals surface area contributed by atoms with E-state index in [9.17, 15) is 69.7 Å². The molecule has 1 aliphatic carbocycles. The van der Waals surface area contributed by atoms with E-state index in [1.165, 1.54) is 149 Å². The number of carbonyl (C=O) groups is 5. The van der Waals surface area contributed by atoms with Gasteiger partial charge in [0.1, 0.15) is 70.1 Å². The van der Waals surface area contributed by atoms with Crippen LogP contribution in [0.2, 0.25) is 0 Å². The molecule has 103 heavy (non-hydrogen) atoms. The first-order valence-electron chi connectivity index (χ1n) is 28.2. The molecular formula is C66H68N8O29. The number of nitro benzene ring substituents is 2. The lowest BCUT2D eigenvalue weighted by Crippen LogP contribution is -2.20. The lowest BCUT2D eigenvalue weighted by Gasteiger charge is -2.09. The van der Waals surface area contributed by atoms with Gasteiger partial charge in [-0.3, -0.25) is 44.2 Å². The maximum atomic E-state index is 11.0. The Hall–Kier alpha value is -14.8. The lowest BCUT2D eigenvalue weighted by molar-refractivity contribution is -0.386. The Labute approximate surface area is 581 Å². The first-order chi connectivity index (χ1) is 48.7. The highest BCUT2D eigenvalue weighted by molar-refractivity contribution is 6.18. The summed E-state index contributed by atoms with van der Waals surface area (Å²) >= 11 is 0. The highest BCUT2D eigenvalue weighted by atomic mass is 16.6. The predicted molar refractivity (Wildman–Crippen MR) is 367 cm³/mol. The molecule has 9 aromatic rings. The van der Waals surface area contributed by atoms with Gasteiger partial charge in [-0.05, 0) is 36.4 Å². The largest absolute Gasteiger partial charge is 0.508 e. The number of rotatable bonds is 14. The third-order valence-electron chi connectivity index (χ3n) is 12.8. The van der Waals surface area contributed by atoms with E-state index >= 15 is 0 Å². The summed E-state index contributed by atoms with van der Waals surface area (Å²) in [6.07, 6.45) is 3.96. The topological polar surface area (TPSA) is 607 Å². The van der Waals surface area contributed by atoms with Gasteiger partial charge in [0.25, 0.3) is 0 Å². The predicted octanol–water partition coefficient (Wildman–Crippen LogP) is 7.24. The fourth-order valence-electron chi connectivity index (χ4n) is 7.89. The number of nitrogens with zero attached hydrogens (tertiary/aromatic N) is 4. The van der Waals surface area contributed by atoms with Crippen molar-refractivity contribution in [3.63, 3.8) is 0 Å². The lowest BCUT2D eigenvalue weighted by atomic mass is 10.1. The molecule has 0 saturated heterocycles. The number of aromatic hydroxyl groups is 11. The highest BCUT2D eigenvalue weighted by Crippen LogP contribution is 2.41. The van der Waals surface area contributed by atoms with Gasteiger partial charge < -0.3 is 122 Å². The van der Waals surface area contributed by atoms with E-state index in [2.05, 4.69) is 24.2 Å². The normalized spacial score (nSPS) is 10.6. The molecule has 0 bridgehead atoms. The SMILES string of the molecule is COC1=CC(=O)C=C(N)C1=O.COc1cc(C=O)cc(N)c1O.COc1cc(C=O)cc([N+](=O)[O-])c1O.COc1cc(C=O)ccc1O.COc1cc(O)cc(N)c1O.COc1cc(O)cc(N)c1O.COc1cc(O)cc([N+](=O)[O-])c1O.COc1cc(O)cc2nc3c(OC)cc(O)cc3nc12. The molecular weight excluding hydrogens is 1370 g/mol. The molecule has 0 spiro atoms. The van der Waals surface area contributed by atoms with Gasteiger partial charge in [0.05, 0.1) is 114 Å². The summed E-state index contributed by atoms with van der Waals surface area (Å²) in [4.78, 5) is 80.7. The summed E-state index contributed by atoms with van der Waals surface area (Å²) in [5, 5.41) is 122. The Bertz CT molecular complexity index is 4520. The van der Waals surface area contributed by atoms with E-state index in [0.29, 0.717) is 69.3 Å². The van der Waals surface area contributed by atoms with Crippen molar-refractivity contribution in [2.75, 3.05) is 81.2 Å². The van der Waals surface area contributed by atoms with E-state index in [1.807, 2.05) is 0 Å². The Balaban J connectivity index is 0.000000309. The van der Waals surface area contributed by atoms with Gasteiger partial charge in [-0.1, -0.05) is 0 Å². The van der Waals surface area contributed by atoms with Crippen molar-refractivity contribution in [2.45, 2.75) is 0 Å². The Morgan fingerprint density at radius 1 is 0.369 bits per heavy atom. The van der Waals surface area contributed by atoms with Crippen molar-refractivity contribution >= 4 is 80.9 Å². The number of hydrogen-bond acceptors (Lipinski definition) is 35. The number of benzene rings is 8. The van der Waals surface area contributed by atoms with Crippen LogP contribution in [0.15, 0.2) is 127 Å². The van der Waals surface area contributed by atoms with Crippen LogP contribution in [0, 0.1) is 20.2 Å². The highest BCUT2D eigenvalue weighted by Gasteiger charge is 2.22. The number of phenols is 11. The molecule has 546 valence electrons. The first-order valence-corrected chi connectivity index (χ1v) is 28.2. The van der Waals surface area contributed by atoms with Gasteiger partial charge in [0.15, 0.2) is 69.0 Å². The van der Waals surface area contributed by atoms with Crippen LogP contribution in [-0.2, 0) is 14.3 Å². The van der Waals surface area contributed by atoms with Gasteiger partial charge >= 0.3 is 11.4 Å². The Kier molecular flexibility index (Phi) is 31.1. The monoisotopic (exact) mass is 1440 g/mol. The number of nitro groups is 2. The molecule has 0 saturated carbocycles. The average Bonchev–Trinajstić information content (AvgIpc) is 0.769. The number of carbonyl (C=O) groups excluding carboxylic acids is 5. The van der Waals surface area contributed by atoms with Crippen molar-refractivity contribution in [3.05, 3.63) is 164 Å². The second kappa shape index (κ2) is 38.8. The van der Waals surface area contributed by atoms with Crippen molar-refractivity contribution in [1.82, 2.24) is 9.97 Å². The first kappa shape index (κ1) is 82.4. The number of anilines is 3. The van der Waals surface area contributed by atoms with Crippen LogP contribution in [-0.4, -0.2) is 170 Å². The summed E-state index contributed by atoms with van der Waals surface area (Å²) in [5.41, 5.74) is 23.2. The minimum Gasteiger partial charge on any atom is -0.508 e. The van der Waals surface area contributed by atoms with Crippen LogP contribution in [0.3, 0.4) is 0 Å². The van der Waals surface area contributed by atoms with E-state index in [0.717, 1.165) is 30.4 Å². The molecule has 0 fully saturated rings. The van der Waals surface area contributed by atoms with Crippen LogP contribution < -0.4 is 60.8 Å². The number of nitrogens with two attached hydrogens (primary N) is 4. The zero-order valence-electron chi connectivity index (χ0n) is 55.6. The number of ether oxygens (including phenoxy) is 9.